The van der Waals surface area contributed by atoms with E-state index < -0.39 is 5.82 Å². The Hall–Kier alpha value is -2.74. The molecule has 0 aliphatic heterocycles. The molecule has 2 rings (SSSR count). The van der Waals surface area contributed by atoms with Crippen LogP contribution in [0.4, 0.5) is 10.1 Å². The highest BCUT2D eigenvalue weighted by molar-refractivity contribution is 5.61. The lowest BCUT2D eigenvalue weighted by molar-refractivity contribution is 0.300. The fraction of sp³-hybridized carbons (Fsp3) is 0.0714. The van der Waals surface area contributed by atoms with Crippen LogP contribution in [0.15, 0.2) is 36.4 Å². The van der Waals surface area contributed by atoms with Crippen molar-refractivity contribution in [3.8, 4) is 17.6 Å². The molecule has 0 heterocycles. The van der Waals surface area contributed by atoms with Gasteiger partial charge in [-0.15, -0.1) is 0 Å². The molecule has 5 heteroatoms. The van der Waals surface area contributed by atoms with Gasteiger partial charge in [0.2, 0.25) is 0 Å². The average molecular weight is 258 g/mol. The normalized spacial score (nSPS) is 9.89. The molecule has 0 aliphatic carbocycles. The number of rotatable bonds is 3. The smallest absolute Gasteiger partial charge is 0.147 e. The minimum Gasteiger partial charge on any atom is -0.506 e. The maximum Gasteiger partial charge on any atom is 0.147 e. The van der Waals surface area contributed by atoms with E-state index in [0.29, 0.717) is 0 Å². The van der Waals surface area contributed by atoms with E-state index >= 15 is 0 Å². The van der Waals surface area contributed by atoms with Crippen LogP contribution < -0.4 is 10.5 Å². The van der Waals surface area contributed by atoms with Gasteiger partial charge in [-0.2, -0.15) is 5.26 Å². The first-order chi connectivity index (χ1) is 9.13. The van der Waals surface area contributed by atoms with Crippen molar-refractivity contribution < 1.29 is 14.2 Å². The summed E-state index contributed by atoms with van der Waals surface area (Å²) in [4.78, 5) is 0. The number of hydrogen-bond donors (Lipinski definition) is 2. The van der Waals surface area contributed by atoms with Crippen molar-refractivity contribution in [1.29, 1.82) is 5.26 Å². The molecule has 0 fully saturated rings. The van der Waals surface area contributed by atoms with Crippen LogP contribution in [0, 0.1) is 17.1 Å². The zero-order valence-electron chi connectivity index (χ0n) is 9.93. The summed E-state index contributed by atoms with van der Waals surface area (Å²) in [5.41, 5.74) is 5.93. The molecule has 0 radical (unpaired) electrons. The summed E-state index contributed by atoms with van der Waals surface area (Å²) in [5.74, 6) is -0.436. The van der Waals surface area contributed by atoms with Crippen molar-refractivity contribution in [2.45, 2.75) is 6.61 Å². The minimum atomic E-state index is -0.608. The Labute approximate surface area is 109 Å². The quantitative estimate of drug-likeness (QED) is 0.655. The van der Waals surface area contributed by atoms with E-state index in [9.17, 15) is 9.50 Å². The molecule has 0 aromatic heterocycles. The van der Waals surface area contributed by atoms with Gasteiger partial charge in [-0.05, 0) is 18.2 Å². The van der Waals surface area contributed by atoms with Crippen LogP contribution in [0.1, 0.15) is 11.1 Å². The van der Waals surface area contributed by atoms with Gasteiger partial charge in [0.05, 0.1) is 5.56 Å². The van der Waals surface area contributed by atoms with Crippen molar-refractivity contribution in [3.63, 3.8) is 0 Å². The van der Waals surface area contributed by atoms with Crippen LogP contribution in [-0.2, 0) is 6.61 Å². The number of ether oxygens (including phenoxy) is 1. The van der Waals surface area contributed by atoms with E-state index in [4.69, 9.17) is 15.7 Å². The standard InChI is InChI=1S/C14H11FN2O2/c15-13-9(7-16)3-1-4-10(13)8-19-12-6-2-5-11(18)14(12)17/h1-6,18H,8,17H2. The molecule has 0 saturated heterocycles. The molecule has 0 unspecified atom stereocenters. The molecule has 2 aromatic carbocycles. The molecule has 0 atom stereocenters. The number of aromatic hydroxyl groups is 1. The molecule has 0 aliphatic rings. The SMILES string of the molecule is N#Cc1cccc(COc2cccc(O)c2N)c1F. The fourth-order valence-electron chi connectivity index (χ4n) is 1.59. The van der Waals surface area contributed by atoms with Crippen LogP contribution in [0.5, 0.6) is 11.5 Å². The highest BCUT2D eigenvalue weighted by atomic mass is 19.1. The van der Waals surface area contributed by atoms with E-state index in [-0.39, 0.29) is 34.9 Å². The first kappa shape index (κ1) is 12.7. The van der Waals surface area contributed by atoms with E-state index in [0.717, 1.165) is 0 Å². The Morgan fingerprint density at radius 2 is 2.00 bits per heavy atom. The van der Waals surface area contributed by atoms with Gasteiger partial charge < -0.3 is 15.6 Å². The second-order valence-electron chi connectivity index (χ2n) is 3.87. The van der Waals surface area contributed by atoms with Crippen LogP contribution >= 0.6 is 0 Å². The molecule has 19 heavy (non-hydrogen) atoms. The lowest BCUT2D eigenvalue weighted by Gasteiger charge is -2.10. The van der Waals surface area contributed by atoms with Crippen LogP contribution in [0.2, 0.25) is 0 Å². The number of anilines is 1. The first-order valence-corrected chi connectivity index (χ1v) is 5.51. The van der Waals surface area contributed by atoms with Gasteiger partial charge in [0.25, 0.3) is 0 Å². The lowest BCUT2D eigenvalue weighted by Crippen LogP contribution is -2.02. The van der Waals surface area contributed by atoms with E-state index in [1.807, 2.05) is 0 Å². The van der Waals surface area contributed by atoms with E-state index in [1.54, 1.807) is 24.3 Å². The summed E-state index contributed by atoms with van der Waals surface area (Å²) in [6.45, 7) is -0.0744. The molecule has 4 nitrogen and oxygen atoms in total. The number of nitrogens with zero attached hydrogens (tertiary/aromatic N) is 1. The maximum absolute atomic E-state index is 13.8. The highest BCUT2D eigenvalue weighted by Gasteiger charge is 2.10. The van der Waals surface area contributed by atoms with Crippen LogP contribution in [0.3, 0.4) is 0 Å². The predicted molar refractivity (Wildman–Crippen MR) is 68.0 cm³/mol. The molecule has 0 bridgehead atoms. The summed E-state index contributed by atoms with van der Waals surface area (Å²) in [5, 5.41) is 18.1. The Kier molecular flexibility index (Phi) is 3.53. The second kappa shape index (κ2) is 5.27. The van der Waals surface area contributed by atoms with Crippen molar-refractivity contribution in [2.75, 3.05) is 5.73 Å². The number of para-hydroxylation sites is 1. The number of benzene rings is 2. The number of phenolic OH excluding ortho intramolecular Hbond substituents is 1. The number of nitrogen functional groups attached to an aromatic ring is 1. The van der Waals surface area contributed by atoms with Crippen molar-refractivity contribution in [3.05, 3.63) is 53.3 Å². The van der Waals surface area contributed by atoms with Gasteiger partial charge in [-0.3, -0.25) is 0 Å². The minimum absolute atomic E-state index is 0.0371. The summed E-state index contributed by atoms with van der Waals surface area (Å²) in [6, 6.07) is 10.8. The Morgan fingerprint density at radius 1 is 1.26 bits per heavy atom. The number of halogens is 1. The second-order valence-corrected chi connectivity index (χ2v) is 3.87. The van der Waals surface area contributed by atoms with Crippen LogP contribution in [-0.4, -0.2) is 5.11 Å². The lowest BCUT2D eigenvalue weighted by atomic mass is 10.1. The summed E-state index contributed by atoms with van der Waals surface area (Å²) < 4.78 is 19.1. The first-order valence-electron chi connectivity index (χ1n) is 5.51. The maximum atomic E-state index is 13.8. The zero-order valence-corrected chi connectivity index (χ0v) is 9.93. The third-order valence-corrected chi connectivity index (χ3v) is 2.63. The van der Waals surface area contributed by atoms with E-state index in [2.05, 4.69) is 0 Å². The molecule has 2 aromatic rings. The molecule has 0 spiro atoms. The van der Waals surface area contributed by atoms with Gasteiger partial charge in [-0.25, -0.2) is 4.39 Å². The monoisotopic (exact) mass is 258 g/mol. The average Bonchev–Trinajstić information content (AvgIpc) is 2.42. The highest BCUT2D eigenvalue weighted by Crippen LogP contribution is 2.30. The van der Waals surface area contributed by atoms with Gasteiger partial charge in [-0.1, -0.05) is 18.2 Å². The summed E-state index contributed by atoms with van der Waals surface area (Å²) >= 11 is 0. The van der Waals surface area contributed by atoms with Gasteiger partial charge in [0.1, 0.15) is 35.7 Å². The number of phenols is 1. The fourth-order valence-corrected chi connectivity index (χ4v) is 1.59. The van der Waals surface area contributed by atoms with E-state index in [1.165, 1.54) is 18.2 Å². The molecule has 3 N–H and O–H groups in total. The molecule has 96 valence electrons. The topological polar surface area (TPSA) is 79.3 Å². The Bertz CT molecular complexity index is 650. The summed E-state index contributed by atoms with van der Waals surface area (Å²) in [7, 11) is 0. The Balaban J connectivity index is 2.20. The summed E-state index contributed by atoms with van der Waals surface area (Å²) in [6.07, 6.45) is 0. The third-order valence-electron chi connectivity index (χ3n) is 2.63. The van der Waals surface area contributed by atoms with Gasteiger partial charge >= 0.3 is 0 Å². The van der Waals surface area contributed by atoms with Crippen molar-refractivity contribution in [2.24, 2.45) is 0 Å². The third kappa shape index (κ3) is 2.58. The molecule has 0 amide bonds. The molecule has 0 saturated carbocycles. The number of hydrogen-bond acceptors (Lipinski definition) is 4. The predicted octanol–water partition coefficient (Wildman–Crippen LogP) is 2.56. The number of nitrogens with two attached hydrogens (primary N) is 1. The zero-order chi connectivity index (χ0) is 13.8. The van der Waals surface area contributed by atoms with Crippen molar-refractivity contribution >= 4 is 5.69 Å². The Morgan fingerprint density at radius 3 is 2.74 bits per heavy atom. The molecular formula is C14H11FN2O2. The van der Waals surface area contributed by atoms with Crippen molar-refractivity contribution in [1.82, 2.24) is 0 Å². The largest absolute Gasteiger partial charge is 0.506 e. The van der Waals surface area contributed by atoms with Gasteiger partial charge in [0.15, 0.2) is 0 Å². The number of nitriles is 1. The molecular weight excluding hydrogens is 247 g/mol. The van der Waals surface area contributed by atoms with Crippen LogP contribution in [0.25, 0.3) is 0 Å². The van der Waals surface area contributed by atoms with Gasteiger partial charge in [0, 0.05) is 5.56 Å².